The van der Waals surface area contributed by atoms with Crippen molar-refractivity contribution in [2.75, 3.05) is 4.90 Å². The Labute approximate surface area is 293 Å². The smallest absolute Gasteiger partial charge is 0.135 e. The first kappa shape index (κ1) is 28.0. The first-order valence-electron chi connectivity index (χ1n) is 17.4. The monoisotopic (exact) mass is 650 g/mol. The standard InChI is InChI=1S/C48H30N2O/c1-2-12-34(13-3-1)50-43-18-8-6-15-38(43)40-17-10-19-44(48(40)50)49(36-27-28-46-42(30-36)39-16-7-9-20-45(39)51-46)35-26-25-32-22-24-33-23-21-31-11-4-5-14-37(31)47(33)41(32)29-35/h1-30H. The number of aromatic nitrogens is 1. The zero-order valence-corrected chi connectivity index (χ0v) is 27.6. The van der Waals surface area contributed by atoms with Gasteiger partial charge in [0.2, 0.25) is 0 Å². The van der Waals surface area contributed by atoms with Crippen LogP contribution < -0.4 is 4.90 Å². The van der Waals surface area contributed by atoms with E-state index in [1.165, 1.54) is 48.6 Å². The van der Waals surface area contributed by atoms with Gasteiger partial charge < -0.3 is 13.9 Å². The topological polar surface area (TPSA) is 21.3 Å². The first-order chi connectivity index (χ1) is 25.3. The third-order valence-corrected chi connectivity index (χ3v) is 10.5. The number of anilines is 3. The summed E-state index contributed by atoms with van der Waals surface area (Å²) in [6, 6.07) is 65.7. The van der Waals surface area contributed by atoms with Gasteiger partial charge in [0.25, 0.3) is 0 Å². The van der Waals surface area contributed by atoms with Gasteiger partial charge in [0.15, 0.2) is 0 Å². The van der Waals surface area contributed by atoms with E-state index in [1.807, 2.05) is 12.1 Å². The molecule has 9 aromatic carbocycles. The predicted molar refractivity (Wildman–Crippen MR) is 215 cm³/mol. The minimum absolute atomic E-state index is 0.882. The van der Waals surface area contributed by atoms with Gasteiger partial charge in [-0.1, -0.05) is 121 Å². The lowest BCUT2D eigenvalue weighted by Gasteiger charge is -2.27. The molecule has 11 aromatic rings. The molecular weight excluding hydrogens is 621 g/mol. The molecule has 0 aliphatic rings. The van der Waals surface area contributed by atoms with Crippen molar-refractivity contribution in [3.8, 4) is 5.69 Å². The summed E-state index contributed by atoms with van der Waals surface area (Å²) in [6.07, 6.45) is 0. The van der Waals surface area contributed by atoms with Crippen LogP contribution in [0.25, 0.3) is 81.7 Å². The summed E-state index contributed by atoms with van der Waals surface area (Å²) in [7, 11) is 0. The number of hydrogen-bond donors (Lipinski definition) is 0. The zero-order chi connectivity index (χ0) is 33.5. The van der Waals surface area contributed by atoms with Crippen molar-refractivity contribution in [2.45, 2.75) is 0 Å². The molecule has 0 amide bonds. The normalized spacial score (nSPS) is 11.9. The van der Waals surface area contributed by atoms with Gasteiger partial charge in [0.05, 0.1) is 16.7 Å². The van der Waals surface area contributed by atoms with Gasteiger partial charge >= 0.3 is 0 Å². The van der Waals surface area contributed by atoms with Crippen molar-refractivity contribution in [3.05, 3.63) is 182 Å². The van der Waals surface area contributed by atoms with Crippen LogP contribution in [0.5, 0.6) is 0 Å². The Hall–Kier alpha value is -6.84. The van der Waals surface area contributed by atoms with Gasteiger partial charge in [-0.2, -0.15) is 0 Å². The summed E-state index contributed by atoms with van der Waals surface area (Å²) >= 11 is 0. The Bertz CT molecular complexity index is 3150. The Morgan fingerprint density at radius 1 is 0.392 bits per heavy atom. The first-order valence-corrected chi connectivity index (χ1v) is 17.4. The van der Waals surface area contributed by atoms with E-state index in [9.17, 15) is 0 Å². The molecule has 3 heteroatoms. The summed E-state index contributed by atoms with van der Waals surface area (Å²) in [5.41, 5.74) is 8.50. The summed E-state index contributed by atoms with van der Waals surface area (Å²) in [5, 5.41) is 12.1. The molecule has 0 unspecified atom stereocenters. The fraction of sp³-hybridized carbons (Fsp3) is 0. The van der Waals surface area contributed by atoms with Crippen molar-refractivity contribution in [3.63, 3.8) is 0 Å². The second-order valence-electron chi connectivity index (χ2n) is 13.3. The van der Waals surface area contributed by atoms with Crippen LogP contribution in [0.4, 0.5) is 17.1 Å². The number of rotatable bonds is 4. The molecule has 0 aliphatic carbocycles. The molecule has 0 atom stereocenters. The van der Waals surface area contributed by atoms with Crippen LogP contribution in [0, 0.1) is 0 Å². The molecule has 0 radical (unpaired) electrons. The van der Waals surface area contributed by atoms with Gasteiger partial charge in [0.1, 0.15) is 11.2 Å². The molecule has 11 rings (SSSR count). The molecule has 0 N–H and O–H groups in total. The molecule has 3 nitrogen and oxygen atoms in total. The van der Waals surface area contributed by atoms with Crippen LogP contribution in [0.2, 0.25) is 0 Å². The van der Waals surface area contributed by atoms with E-state index in [4.69, 9.17) is 4.42 Å². The summed E-state index contributed by atoms with van der Waals surface area (Å²) in [4.78, 5) is 2.44. The Morgan fingerprint density at radius 3 is 1.86 bits per heavy atom. The lowest BCUT2D eigenvalue weighted by atomic mass is 9.96. The van der Waals surface area contributed by atoms with Gasteiger partial charge in [-0.25, -0.2) is 0 Å². The van der Waals surface area contributed by atoms with Gasteiger partial charge in [0, 0.05) is 38.6 Å². The molecule has 0 saturated carbocycles. The summed E-state index contributed by atoms with van der Waals surface area (Å²) in [6.45, 7) is 0. The van der Waals surface area contributed by atoms with Crippen molar-refractivity contribution in [1.82, 2.24) is 4.57 Å². The SMILES string of the molecule is c1ccc(-n2c3ccccc3c3cccc(N(c4ccc5oc6ccccc6c5c4)c4ccc5ccc6ccc7ccccc7c6c5c4)c32)cc1. The second-order valence-corrected chi connectivity index (χ2v) is 13.3. The molecule has 51 heavy (non-hydrogen) atoms. The molecular formula is C48H30N2O. The highest BCUT2D eigenvalue weighted by atomic mass is 16.3. The third kappa shape index (κ3) is 4.19. The predicted octanol–water partition coefficient (Wildman–Crippen LogP) is 13.6. The minimum atomic E-state index is 0.882. The van der Waals surface area contributed by atoms with E-state index in [0.717, 1.165) is 50.2 Å². The van der Waals surface area contributed by atoms with Crippen molar-refractivity contribution >= 4 is 93.1 Å². The Morgan fingerprint density at radius 2 is 1.00 bits per heavy atom. The van der Waals surface area contributed by atoms with Crippen LogP contribution in [-0.2, 0) is 0 Å². The average molecular weight is 651 g/mol. The van der Waals surface area contributed by atoms with E-state index in [2.05, 4.69) is 179 Å². The highest BCUT2D eigenvalue weighted by Gasteiger charge is 2.23. The van der Waals surface area contributed by atoms with E-state index >= 15 is 0 Å². The number of fused-ring (bicyclic) bond motifs is 11. The molecule has 238 valence electrons. The van der Waals surface area contributed by atoms with E-state index in [1.54, 1.807) is 0 Å². The van der Waals surface area contributed by atoms with Gasteiger partial charge in [-0.15, -0.1) is 0 Å². The molecule has 0 spiro atoms. The lowest BCUT2D eigenvalue weighted by molar-refractivity contribution is 0.669. The average Bonchev–Trinajstić information content (AvgIpc) is 3.74. The fourth-order valence-corrected chi connectivity index (χ4v) is 8.26. The van der Waals surface area contributed by atoms with Crippen LogP contribution in [0.15, 0.2) is 186 Å². The molecule has 0 saturated heterocycles. The van der Waals surface area contributed by atoms with Crippen LogP contribution >= 0.6 is 0 Å². The molecule has 2 heterocycles. The minimum Gasteiger partial charge on any atom is -0.456 e. The van der Waals surface area contributed by atoms with Gasteiger partial charge in [-0.05, 0) is 93.0 Å². The van der Waals surface area contributed by atoms with Gasteiger partial charge in [-0.3, -0.25) is 0 Å². The van der Waals surface area contributed by atoms with Crippen molar-refractivity contribution < 1.29 is 4.42 Å². The maximum absolute atomic E-state index is 6.31. The van der Waals surface area contributed by atoms with Crippen LogP contribution in [0.3, 0.4) is 0 Å². The number of furan rings is 1. The van der Waals surface area contributed by atoms with Crippen LogP contribution in [0.1, 0.15) is 0 Å². The summed E-state index contributed by atoms with van der Waals surface area (Å²) < 4.78 is 8.73. The summed E-state index contributed by atoms with van der Waals surface area (Å²) in [5.74, 6) is 0. The van der Waals surface area contributed by atoms with Crippen LogP contribution in [-0.4, -0.2) is 4.57 Å². The van der Waals surface area contributed by atoms with E-state index < -0.39 is 0 Å². The largest absolute Gasteiger partial charge is 0.456 e. The Kier molecular flexibility index (Phi) is 5.96. The van der Waals surface area contributed by atoms with Crippen molar-refractivity contribution in [1.29, 1.82) is 0 Å². The molecule has 2 aromatic heterocycles. The molecule has 0 aliphatic heterocycles. The molecule has 0 bridgehead atoms. The zero-order valence-electron chi connectivity index (χ0n) is 27.6. The van der Waals surface area contributed by atoms with Crippen molar-refractivity contribution in [2.24, 2.45) is 0 Å². The number of benzene rings is 9. The number of hydrogen-bond acceptors (Lipinski definition) is 2. The third-order valence-electron chi connectivity index (χ3n) is 10.5. The fourth-order valence-electron chi connectivity index (χ4n) is 8.26. The quantitative estimate of drug-likeness (QED) is 0.177. The van der Waals surface area contributed by atoms with E-state index in [-0.39, 0.29) is 0 Å². The Balaban J connectivity index is 1.27. The second kappa shape index (κ2) is 10.8. The highest BCUT2D eigenvalue weighted by molar-refractivity contribution is 6.21. The van der Waals surface area contributed by atoms with E-state index in [0.29, 0.717) is 0 Å². The molecule has 0 fully saturated rings. The number of para-hydroxylation sites is 4. The maximum Gasteiger partial charge on any atom is 0.135 e. The lowest BCUT2D eigenvalue weighted by Crippen LogP contribution is -2.11. The number of nitrogens with zero attached hydrogens (tertiary/aromatic N) is 2. The highest BCUT2D eigenvalue weighted by Crippen LogP contribution is 2.46. The maximum atomic E-state index is 6.31.